The summed E-state index contributed by atoms with van der Waals surface area (Å²) in [6.07, 6.45) is 0. The largest absolute Gasteiger partial charge is 0.135 e. The van der Waals surface area contributed by atoms with E-state index in [1.165, 1.54) is 250 Å². The van der Waals surface area contributed by atoms with Gasteiger partial charge >= 0.3 is 0 Å². The minimum absolute atomic E-state index is 1.22. The van der Waals surface area contributed by atoms with Crippen LogP contribution in [0.3, 0.4) is 0 Å². The summed E-state index contributed by atoms with van der Waals surface area (Å²) in [4.78, 5) is 5.16. The van der Waals surface area contributed by atoms with E-state index in [-0.39, 0.29) is 0 Å². The maximum atomic E-state index is 2.37. The second kappa shape index (κ2) is 35.3. The molecule has 0 aliphatic carbocycles. The van der Waals surface area contributed by atoms with Gasteiger partial charge in [-0.2, -0.15) is 0 Å². The Labute approximate surface area is 787 Å². The van der Waals surface area contributed by atoms with Crippen molar-refractivity contribution >= 4 is 130 Å². The molecule has 2 heterocycles. The first-order valence-electron chi connectivity index (χ1n) is 46.1. The van der Waals surface area contributed by atoms with Gasteiger partial charge in [0.05, 0.1) is 0 Å². The first-order valence-corrected chi connectivity index (χ1v) is 47.7. The van der Waals surface area contributed by atoms with E-state index in [1.54, 1.807) is 0 Å². The van der Waals surface area contributed by atoms with E-state index in [0.29, 0.717) is 0 Å². The number of benzene rings is 24. The molecule has 0 unspecified atom stereocenters. The molecule has 0 aliphatic rings. The molecule has 0 radical (unpaired) electrons. The number of hydrogen-bond acceptors (Lipinski definition) is 2. The molecule has 0 N–H and O–H groups in total. The third-order valence-electron chi connectivity index (χ3n) is 26.8. The van der Waals surface area contributed by atoms with Crippen molar-refractivity contribution in [3.63, 3.8) is 0 Å². The van der Waals surface area contributed by atoms with Crippen LogP contribution in [-0.2, 0) is 0 Å². The molecule has 0 atom stereocenters. The van der Waals surface area contributed by atoms with Gasteiger partial charge in [0.15, 0.2) is 0 Å². The van der Waals surface area contributed by atoms with Crippen molar-refractivity contribution in [2.24, 2.45) is 0 Å². The first kappa shape index (κ1) is 80.6. The Morgan fingerprint density at radius 3 is 0.619 bits per heavy atom. The van der Waals surface area contributed by atoms with Gasteiger partial charge in [0.25, 0.3) is 0 Å². The lowest BCUT2D eigenvalue weighted by atomic mass is 9.79. The summed E-state index contributed by atoms with van der Waals surface area (Å²) in [5.41, 5.74) is 27.7. The van der Waals surface area contributed by atoms with Crippen molar-refractivity contribution in [1.82, 2.24) is 0 Å². The Morgan fingerprint density at radius 1 is 0.0970 bits per heavy atom. The highest BCUT2D eigenvalue weighted by molar-refractivity contribution is 7.19. The van der Waals surface area contributed by atoms with E-state index < -0.39 is 0 Å². The average molecular weight is 1740 g/mol. The third-order valence-corrected chi connectivity index (χ3v) is 29.2. The summed E-state index contributed by atoms with van der Waals surface area (Å²) in [5, 5.41) is 25.4. The lowest BCUT2D eigenvalue weighted by Crippen LogP contribution is -1.96. The smallest absolute Gasteiger partial charge is 0.0349 e. The van der Waals surface area contributed by atoms with Gasteiger partial charge in [-0.15, -0.1) is 22.7 Å². The number of fused-ring (bicyclic) bond motifs is 10. The molecule has 2 heteroatoms. The first-order chi connectivity index (χ1) is 66.5. The molecule has 134 heavy (non-hydrogen) atoms. The molecular weight excluding hydrogens is 1650 g/mol. The van der Waals surface area contributed by atoms with Gasteiger partial charge in [0.2, 0.25) is 0 Å². The van der Waals surface area contributed by atoms with E-state index in [4.69, 9.17) is 0 Å². The van der Waals surface area contributed by atoms with Gasteiger partial charge in [-0.1, -0.05) is 479 Å². The van der Waals surface area contributed by atoms with E-state index in [2.05, 4.69) is 522 Å². The van der Waals surface area contributed by atoms with Crippen molar-refractivity contribution in [2.75, 3.05) is 0 Å². The van der Waals surface area contributed by atoms with Crippen molar-refractivity contribution < 1.29 is 0 Å². The van der Waals surface area contributed by atoms with Gasteiger partial charge in [-0.3, -0.25) is 0 Å². The Balaban J connectivity index is 0.000000112. The molecule has 0 nitrogen and oxygen atoms in total. The fourth-order valence-electron chi connectivity index (χ4n) is 20.8. The summed E-state index contributed by atoms with van der Waals surface area (Å²) < 4.78 is 0. The second-order valence-corrected chi connectivity index (χ2v) is 36.7. The van der Waals surface area contributed by atoms with Crippen LogP contribution in [0, 0.1) is 0 Å². The molecule has 0 bridgehead atoms. The fourth-order valence-corrected chi connectivity index (χ4v) is 22.9. The van der Waals surface area contributed by atoms with Gasteiger partial charge < -0.3 is 0 Å². The predicted octanol–water partition coefficient (Wildman–Crippen LogP) is 38.4. The highest BCUT2D eigenvalue weighted by Crippen LogP contribution is 2.54. The van der Waals surface area contributed by atoms with Gasteiger partial charge in [0.1, 0.15) is 0 Å². The molecule has 626 valence electrons. The zero-order chi connectivity index (χ0) is 88.8. The van der Waals surface area contributed by atoms with Crippen LogP contribution in [0.15, 0.2) is 522 Å². The van der Waals surface area contributed by atoms with E-state index in [9.17, 15) is 0 Å². The molecule has 26 aromatic rings. The third kappa shape index (κ3) is 14.8. The number of hydrogen-bond donors (Lipinski definition) is 0. The maximum Gasteiger partial charge on any atom is 0.0349 e. The molecule has 0 saturated carbocycles. The van der Waals surface area contributed by atoms with E-state index >= 15 is 0 Å². The average Bonchev–Trinajstić information content (AvgIpc) is 0.777. The minimum Gasteiger partial charge on any atom is -0.135 e. The van der Waals surface area contributed by atoms with Gasteiger partial charge in [-0.25, -0.2) is 0 Å². The fraction of sp³-hybridized carbons (Fsp3) is 0. The molecule has 0 saturated heterocycles. The second-order valence-electron chi connectivity index (χ2n) is 34.5. The van der Waals surface area contributed by atoms with Gasteiger partial charge in [-0.05, 0) is 273 Å². The molecule has 0 spiro atoms. The highest BCUT2D eigenvalue weighted by atomic mass is 32.1. The van der Waals surface area contributed by atoms with Gasteiger partial charge in [0, 0.05) is 19.5 Å². The standard InChI is InChI=1S/C52H34.2C40H26S/c1-3-19-35(20-4-1)37-23-7-9-25-39(37)49-41-27-11-15-31-45(41)51(46-32-16-12-28-42(46)49)52-47-33-17-13-29-43(47)50(44-30-14-18-34-48(44)52)40-26-10-8-24-38(40)36-21-5-2-6-22-36;1-2-12-28(13-3-1)37-23-24-38(41-37)30-15-10-16-31(26-30)39-33-17-6-8-19-35(33)40(36-20-9-7-18-34(36)39)32-22-21-27-11-4-5-14-29(27)25-32;1-2-11-28(12-3-1)37-24-25-38(41-37)29-19-21-30(22-20-29)39-33-14-6-8-16-35(33)40(36-17-9-7-15-34(36)39)32-23-18-27-10-4-5-13-31(27)26-32/h1-34H;2*1-26H. The topological polar surface area (TPSA) is 0 Å². The highest BCUT2D eigenvalue weighted by Gasteiger charge is 2.27. The summed E-state index contributed by atoms with van der Waals surface area (Å²) in [7, 11) is 0. The maximum absolute atomic E-state index is 2.37. The molecular formula is C132H86S2. The van der Waals surface area contributed by atoms with Crippen LogP contribution >= 0.6 is 22.7 Å². The van der Waals surface area contributed by atoms with Crippen molar-refractivity contribution in [1.29, 1.82) is 0 Å². The number of rotatable bonds is 13. The van der Waals surface area contributed by atoms with Crippen LogP contribution in [0.5, 0.6) is 0 Å². The van der Waals surface area contributed by atoms with Crippen LogP contribution < -0.4 is 0 Å². The molecule has 0 aliphatic heterocycles. The summed E-state index contributed by atoms with van der Waals surface area (Å²) in [5.74, 6) is 0. The van der Waals surface area contributed by atoms with Crippen molar-refractivity contribution in [3.05, 3.63) is 522 Å². The quantitative estimate of drug-likeness (QED) is 0.101. The summed E-state index contributed by atoms with van der Waals surface area (Å²) in [6, 6.07) is 190. The summed E-state index contributed by atoms with van der Waals surface area (Å²) in [6.45, 7) is 0. The van der Waals surface area contributed by atoms with E-state index in [1.807, 2.05) is 22.7 Å². The van der Waals surface area contributed by atoms with Crippen LogP contribution in [0.2, 0.25) is 0 Å². The number of thiophene rings is 2. The summed E-state index contributed by atoms with van der Waals surface area (Å²) >= 11 is 3.70. The lowest BCUT2D eigenvalue weighted by Gasteiger charge is -2.23. The lowest BCUT2D eigenvalue weighted by molar-refractivity contribution is 1.60. The van der Waals surface area contributed by atoms with E-state index in [0.717, 1.165) is 0 Å². The predicted molar refractivity (Wildman–Crippen MR) is 581 cm³/mol. The normalized spacial score (nSPS) is 11.4. The minimum atomic E-state index is 1.22. The molecule has 24 aromatic carbocycles. The molecule has 26 rings (SSSR count). The van der Waals surface area contributed by atoms with Crippen LogP contribution in [0.25, 0.3) is 250 Å². The zero-order valence-corrected chi connectivity index (χ0v) is 75.1. The zero-order valence-electron chi connectivity index (χ0n) is 73.5. The Hall–Kier alpha value is -16.7. The molecule has 2 aromatic heterocycles. The Bertz CT molecular complexity index is 8540. The molecule has 0 fully saturated rings. The Morgan fingerprint density at radius 2 is 0.299 bits per heavy atom. The Kier molecular flexibility index (Phi) is 21.2. The van der Waals surface area contributed by atoms with Crippen LogP contribution in [-0.4, -0.2) is 0 Å². The van der Waals surface area contributed by atoms with Crippen molar-refractivity contribution in [2.45, 2.75) is 0 Å². The monoisotopic (exact) mass is 1730 g/mol. The van der Waals surface area contributed by atoms with Crippen molar-refractivity contribution in [3.8, 4) is 142 Å². The SMILES string of the molecule is c1ccc(-c2ccc(-c3ccc(-c4c5ccccc5c(-c5ccc6ccccc6c5)c5ccccc45)cc3)s2)cc1.c1ccc(-c2ccc(-c3cccc(-c4c5ccccc5c(-c5ccc6ccccc6c5)c5ccccc45)c3)s2)cc1.c1ccc(-c2ccccc2-c2c3ccccc3c(-c3c4ccccc4c(-c4ccccc4-c4ccccc4)c4ccccc34)c3ccccc23)cc1. The van der Waals surface area contributed by atoms with Crippen LogP contribution in [0.1, 0.15) is 0 Å². The molecule has 0 amide bonds. The van der Waals surface area contributed by atoms with Crippen LogP contribution in [0.4, 0.5) is 0 Å².